The molecule has 3 nitrogen and oxygen atoms in total. The maximum Gasteiger partial charge on any atom is 0.230 e. The van der Waals surface area contributed by atoms with E-state index in [0.29, 0.717) is 11.3 Å². The number of carbonyl (C=O) groups excluding carboxylic acids is 1. The van der Waals surface area contributed by atoms with Crippen LogP contribution in [-0.2, 0) is 4.79 Å². The molecule has 0 saturated heterocycles. The Kier molecular flexibility index (Phi) is 3.58. The molecule has 0 spiro atoms. The largest absolute Gasteiger partial charge is 0.508 e. The molecule has 0 aliphatic heterocycles. The highest BCUT2D eigenvalue weighted by atomic mass is 16.3. The van der Waals surface area contributed by atoms with Crippen LogP contribution in [0.5, 0.6) is 5.75 Å². The third kappa shape index (κ3) is 2.54. The van der Waals surface area contributed by atoms with Gasteiger partial charge in [-0.1, -0.05) is 26.8 Å². The van der Waals surface area contributed by atoms with Crippen LogP contribution in [0.3, 0.4) is 0 Å². The second-order valence-electron chi connectivity index (χ2n) is 4.64. The van der Waals surface area contributed by atoms with E-state index in [2.05, 4.69) is 5.32 Å². The summed E-state index contributed by atoms with van der Waals surface area (Å²) in [6, 6.07) is 5.12. The van der Waals surface area contributed by atoms with E-state index < -0.39 is 5.41 Å². The van der Waals surface area contributed by atoms with E-state index in [4.69, 9.17) is 0 Å². The number of benzene rings is 1. The number of rotatable bonds is 3. The molecule has 0 aliphatic rings. The molecular formula is C13H19NO2. The van der Waals surface area contributed by atoms with Crippen LogP contribution in [0.2, 0.25) is 0 Å². The van der Waals surface area contributed by atoms with Crippen LogP contribution in [0.4, 0.5) is 5.69 Å². The molecule has 0 fully saturated rings. The molecule has 16 heavy (non-hydrogen) atoms. The number of hydrogen-bond acceptors (Lipinski definition) is 2. The molecule has 3 heteroatoms. The SMILES string of the molecule is CCC(C)(C)C(=O)Nc1cccc(O)c1C. The Morgan fingerprint density at radius 3 is 2.62 bits per heavy atom. The quantitative estimate of drug-likeness (QED) is 0.824. The summed E-state index contributed by atoms with van der Waals surface area (Å²) in [5, 5.41) is 12.4. The maximum absolute atomic E-state index is 11.9. The van der Waals surface area contributed by atoms with Gasteiger partial charge in [0.15, 0.2) is 0 Å². The molecule has 2 N–H and O–H groups in total. The lowest BCUT2D eigenvalue weighted by molar-refractivity contribution is -0.124. The van der Waals surface area contributed by atoms with Gasteiger partial charge >= 0.3 is 0 Å². The van der Waals surface area contributed by atoms with Crippen LogP contribution >= 0.6 is 0 Å². The van der Waals surface area contributed by atoms with Crippen molar-refractivity contribution in [1.29, 1.82) is 0 Å². The fraction of sp³-hybridized carbons (Fsp3) is 0.462. The highest BCUT2D eigenvalue weighted by molar-refractivity contribution is 5.95. The Bertz CT molecular complexity index is 397. The Labute approximate surface area is 96.5 Å². The molecule has 0 unspecified atom stereocenters. The summed E-state index contributed by atoms with van der Waals surface area (Å²) in [6.07, 6.45) is 0.775. The molecule has 1 aromatic carbocycles. The van der Waals surface area contributed by atoms with Gasteiger partial charge in [0.1, 0.15) is 5.75 Å². The number of anilines is 1. The molecule has 0 aliphatic carbocycles. The van der Waals surface area contributed by atoms with Crippen LogP contribution in [0.25, 0.3) is 0 Å². The number of phenolic OH excluding ortho intramolecular Hbond substituents is 1. The molecule has 0 radical (unpaired) electrons. The van der Waals surface area contributed by atoms with Crippen LogP contribution in [-0.4, -0.2) is 11.0 Å². The smallest absolute Gasteiger partial charge is 0.230 e. The van der Waals surface area contributed by atoms with Crippen molar-refractivity contribution in [1.82, 2.24) is 0 Å². The van der Waals surface area contributed by atoms with Gasteiger partial charge in [-0.25, -0.2) is 0 Å². The molecule has 1 rings (SSSR count). The second kappa shape index (κ2) is 4.56. The average molecular weight is 221 g/mol. The first-order valence-electron chi connectivity index (χ1n) is 5.48. The van der Waals surface area contributed by atoms with Crippen molar-refractivity contribution in [2.45, 2.75) is 34.1 Å². The number of hydrogen-bond donors (Lipinski definition) is 2. The van der Waals surface area contributed by atoms with Crippen LogP contribution in [0.15, 0.2) is 18.2 Å². The predicted molar refractivity (Wildman–Crippen MR) is 65.5 cm³/mol. The standard InChI is InChI=1S/C13H19NO2/c1-5-13(3,4)12(16)14-10-7-6-8-11(15)9(10)2/h6-8,15H,5H2,1-4H3,(H,14,16). The third-order valence-corrected chi connectivity index (χ3v) is 3.05. The zero-order valence-electron chi connectivity index (χ0n) is 10.3. The highest BCUT2D eigenvalue weighted by Gasteiger charge is 2.25. The molecule has 0 heterocycles. The number of aromatic hydroxyl groups is 1. The Morgan fingerprint density at radius 2 is 2.06 bits per heavy atom. The summed E-state index contributed by atoms with van der Waals surface area (Å²) >= 11 is 0. The van der Waals surface area contributed by atoms with Crippen molar-refractivity contribution >= 4 is 11.6 Å². The summed E-state index contributed by atoms with van der Waals surface area (Å²) in [4.78, 5) is 11.9. The predicted octanol–water partition coefficient (Wildman–Crippen LogP) is 3.08. The van der Waals surface area contributed by atoms with Crippen molar-refractivity contribution in [3.63, 3.8) is 0 Å². The molecule has 0 saturated carbocycles. The van der Waals surface area contributed by atoms with Crippen molar-refractivity contribution in [2.75, 3.05) is 5.32 Å². The Morgan fingerprint density at radius 1 is 1.44 bits per heavy atom. The minimum atomic E-state index is -0.391. The van der Waals surface area contributed by atoms with Gasteiger partial charge in [0.05, 0.1) is 0 Å². The molecule has 1 aromatic rings. The van der Waals surface area contributed by atoms with E-state index in [1.54, 1.807) is 25.1 Å². The van der Waals surface area contributed by atoms with Crippen LogP contribution in [0, 0.1) is 12.3 Å². The molecule has 0 aromatic heterocycles. The number of carbonyl (C=O) groups is 1. The van der Waals surface area contributed by atoms with Gasteiger partial charge in [-0.15, -0.1) is 0 Å². The number of phenols is 1. The third-order valence-electron chi connectivity index (χ3n) is 3.05. The Hall–Kier alpha value is -1.51. The Balaban J connectivity index is 2.90. The van der Waals surface area contributed by atoms with Crippen LogP contribution < -0.4 is 5.32 Å². The first-order chi connectivity index (χ1) is 7.38. The normalized spacial score (nSPS) is 11.2. The lowest BCUT2D eigenvalue weighted by Gasteiger charge is -2.22. The molecule has 88 valence electrons. The molecule has 0 atom stereocenters. The van der Waals surface area contributed by atoms with Gasteiger partial charge in [-0.3, -0.25) is 4.79 Å². The lowest BCUT2D eigenvalue weighted by Crippen LogP contribution is -2.30. The van der Waals surface area contributed by atoms with E-state index in [-0.39, 0.29) is 11.7 Å². The van der Waals surface area contributed by atoms with Gasteiger partial charge in [0.25, 0.3) is 0 Å². The summed E-state index contributed by atoms with van der Waals surface area (Å²) in [5.74, 6) is 0.177. The minimum Gasteiger partial charge on any atom is -0.508 e. The average Bonchev–Trinajstić information content (AvgIpc) is 2.24. The summed E-state index contributed by atoms with van der Waals surface area (Å²) in [5.41, 5.74) is 0.979. The summed E-state index contributed by atoms with van der Waals surface area (Å²) < 4.78 is 0. The fourth-order valence-corrected chi connectivity index (χ4v) is 1.21. The molecule has 1 amide bonds. The van der Waals surface area contributed by atoms with Gasteiger partial charge in [0, 0.05) is 16.7 Å². The van der Waals surface area contributed by atoms with Crippen LogP contribution in [0.1, 0.15) is 32.8 Å². The van der Waals surface area contributed by atoms with Crippen molar-refractivity contribution in [3.8, 4) is 5.75 Å². The van der Waals surface area contributed by atoms with Gasteiger partial charge in [-0.2, -0.15) is 0 Å². The van der Waals surface area contributed by atoms with E-state index in [1.807, 2.05) is 20.8 Å². The van der Waals surface area contributed by atoms with Crippen molar-refractivity contribution in [3.05, 3.63) is 23.8 Å². The monoisotopic (exact) mass is 221 g/mol. The summed E-state index contributed by atoms with van der Waals surface area (Å²) in [7, 11) is 0. The molecule has 0 bridgehead atoms. The van der Waals surface area contributed by atoms with Crippen molar-refractivity contribution in [2.24, 2.45) is 5.41 Å². The minimum absolute atomic E-state index is 0.0244. The maximum atomic E-state index is 11.9. The second-order valence-corrected chi connectivity index (χ2v) is 4.64. The zero-order valence-corrected chi connectivity index (χ0v) is 10.3. The van der Waals surface area contributed by atoms with Crippen molar-refractivity contribution < 1.29 is 9.90 Å². The topological polar surface area (TPSA) is 49.3 Å². The van der Waals surface area contributed by atoms with Gasteiger partial charge in [-0.05, 0) is 25.5 Å². The lowest BCUT2D eigenvalue weighted by atomic mass is 9.89. The van der Waals surface area contributed by atoms with Gasteiger partial charge in [0.2, 0.25) is 5.91 Å². The fourth-order valence-electron chi connectivity index (χ4n) is 1.21. The molecular weight excluding hydrogens is 202 g/mol. The van der Waals surface area contributed by atoms with E-state index in [9.17, 15) is 9.90 Å². The van der Waals surface area contributed by atoms with E-state index >= 15 is 0 Å². The summed E-state index contributed by atoms with van der Waals surface area (Å²) in [6.45, 7) is 7.57. The van der Waals surface area contributed by atoms with Gasteiger partial charge < -0.3 is 10.4 Å². The number of amides is 1. The highest BCUT2D eigenvalue weighted by Crippen LogP contribution is 2.27. The first kappa shape index (κ1) is 12.6. The van der Waals surface area contributed by atoms with E-state index in [1.165, 1.54) is 0 Å². The van der Waals surface area contributed by atoms with E-state index in [0.717, 1.165) is 6.42 Å². The first-order valence-corrected chi connectivity index (χ1v) is 5.48. The number of nitrogens with one attached hydrogen (secondary N) is 1. The zero-order chi connectivity index (χ0) is 12.3.